The average Bonchev–Trinajstić information content (AvgIpc) is 3.25. The first kappa shape index (κ1) is 23.9. The highest BCUT2D eigenvalue weighted by atomic mass is 32.1. The van der Waals surface area contributed by atoms with E-state index in [1.807, 2.05) is 49.9 Å². The molecule has 9 heteroatoms. The Hall–Kier alpha value is -3.20. The highest BCUT2D eigenvalue weighted by molar-refractivity contribution is 7.13. The molecule has 1 saturated heterocycles. The maximum Gasteiger partial charge on any atom is 0.257 e. The SMILES string of the molecule is CCN(CC)C(=O)c1cnc2snc(C)c2c1N1CCC(C(=O)Nc2cccc(OC)c2)CC1. The lowest BCUT2D eigenvalue weighted by molar-refractivity contribution is -0.120. The van der Waals surface area contributed by atoms with Crippen LogP contribution in [0.4, 0.5) is 11.4 Å². The van der Waals surface area contributed by atoms with Crippen LogP contribution in [0.1, 0.15) is 42.7 Å². The summed E-state index contributed by atoms with van der Waals surface area (Å²) in [5, 5.41) is 3.97. The lowest BCUT2D eigenvalue weighted by atomic mass is 9.94. The van der Waals surface area contributed by atoms with Crippen LogP contribution in [0.15, 0.2) is 30.5 Å². The van der Waals surface area contributed by atoms with Crippen LogP contribution in [-0.2, 0) is 4.79 Å². The van der Waals surface area contributed by atoms with Gasteiger partial charge < -0.3 is 19.9 Å². The molecule has 3 heterocycles. The van der Waals surface area contributed by atoms with Crippen LogP contribution in [-0.4, -0.2) is 59.4 Å². The number of fused-ring (bicyclic) bond motifs is 1. The summed E-state index contributed by atoms with van der Waals surface area (Å²) in [6.07, 6.45) is 3.10. The number of nitrogens with one attached hydrogen (secondary N) is 1. The molecule has 8 nitrogen and oxygen atoms in total. The zero-order chi connectivity index (χ0) is 24.2. The molecule has 0 aliphatic carbocycles. The van der Waals surface area contributed by atoms with Gasteiger partial charge in [0.15, 0.2) is 0 Å². The second kappa shape index (κ2) is 10.4. The molecule has 34 heavy (non-hydrogen) atoms. The molecule has 0 spiro atoms. The Kier molecular flexibility index (Phi) is 7.31. The monoisotopic (exact) mass is 481 g/mol. The lowest BCUT2D eigenvalue weighted by Gasteiger charge is -2.35. The first-order valence-electron chi connectivity index (χ1n) is 11.7. The highest BCUT2D eigenvalue weighted by Crippen LogP contribution is 2.37. The van der Waals surface area contributed by atoms with Crippen molar-refractivity contribution in [3.8, 4) is 5.75 Å². The number of nitrogens with zero attached hydrogens (tertiary/aromatic N) is 4. The first-order valence-corrected chi connectivity index (χ1v) is 12.5. The second-order valence-corrected chi connectivity index (χ2v) is 9.18. The van der Waals surface area contributed by atoms with E-state index in [1.165, 1.54) is 11.5 Å². The van der Waals surface area contributed by atoms with Crippen molar-refractivity contribution in [2.75, 3.05) is 43.5 Å². The van der Waals surface area contributed by atoms with Crippen molar-refractivity contribution in [3.63, 3.8) is 0 Å². The average molecular weight is 482 g/mol. The van der Waals surface area contributed by atoms with Crippen LogP contribution in [0.3, 0.4) is 0 Å². The van der Waals surface area contributed by atoms with E-state index in [4.69, 9.17) is 4.74 Å². The molecule has 2 amide bonds. The molecule has 4 rings (SSSR count). The summed E-state index contributed by atoms with van der Waals surface area (Å²) in [5.41, 5.74) is 3.13. The number of pyridine rings is 1. The van der Waals surface area contributed by atoms with Crippen molar-refractivity contribution in [3.05, 3.63) is 41.7 Å². The number of carbonyl (C=O) groups is 2. The number of ether oxygens (including phenoxy) is 1. The molecular weight excluding hydrogens is 450 g/mol. The smallest absolute Gasteiger partial charge is 0.257 e. The normalized spacial score (nSPS) is 14.3. The number of carbonyl (C=O) groups excluding carboxylic acids is 2. The molecule has 0 atom stereocenters. The van der Waals surface area contributed by atoms with E-state index < -0.39 is 0 Å². The van der Waals surface area contributed by atoms with Gasteiger partial charge in [-0.05, 0) is 57.3 Å². The Morgan fingerprint density at radius 2 is 1.97 bits per heavy atom. The van der Waals surface area contributed by atoms with Crippen LogP contribution >= 0.6 is 11.5 Å². The minimum Gasteiger partial charge on any atom is -0.497 e. The number of hydrogen-bond donors (Lipinski definition) is 1. The van der Waals surface area contributed by atoms with E-state index in [0.29, 0.717) is 50.3 Å². The van der Waals surface area contributed by atoms with E-state index in [2.05, 4.69) is 19.6 Å². The van der Waals surface area contributed by atoms with Crippen molar-refractivity contribution in [1.82, 2.24) is 14.3 Å². The Bertz CT molecular complexity index is 1180. The second-order valence-electron chi connectivity index (χ2n) is 8.43. The molecule has 1 fully saturated rings. The summed E-state index contributed by atoms with van der Waals surface area (Å²) >= 11 is 1.36. The third kappa shape index (κ3) is 4.70. The number of benzene rings is 1. The summed E-state index contributed by atoms with van der Waals surface area (Å²) in [5.74, 6) is 0.612. The third-order valence-corrected chi connectivity index (χ3v) is 7.30. The molecule has 1 aromatic carbocycles. The van der Waals surface area contributed by atoms with Gasteiger partial charge in [-0.15, -0.1) is 0 Å². The fourth-order valence-corrected chi connectivity index (χ4v) is 5.26. The molecule has 180 valence electrons. The van der Waals surface area contributed by atoms with Gasteiger partial charge in [-0.25, -0.2) is 4.98 Å². The van der Waals surface area contributed by atoms with Crippen molar-refractivity contribution in [2.24, 2.45) is 5.92 Å². The van der Waals surface area contributed by atoms with E-state index in [1.54, 1.807) is 13.3 Å². The third-order valence-electron chi connectivity index (χ3n) is 6.45. The molecular formula is C25H31N5O3S. The van der Waals surface area contributed by atoms with Gasteiger partial charge in [0.05, 0.1) is 29.4 Å². The Labute approximate surface area is 204 Å². The van der Waals surface area contributed by atoms with Crippen molar-refractivity contribution in [2.45, 2.75) is 33.6 Å². The number of hydrogen-bond acceptors (Lipinski definition) is 7. The van der Waals surface area contributed by atoms with Crippen LogP contribution in [0.5, 0.6) is 5.75 Å². The fraction of sp³-hybridized carbons (Fsp3) is 0.440. The molecule has 0 radical (unpaired) electrons. The summed E-state index contributed by atoms with van der Waals surface area (Å²) in [4.78, 5) is 35.7. The summed E-state index contributed by atoms with van der Waals surface area (Å²) < 4.78 is 9.74. The van der Waals surface area contributed by atoms with Crippen molar-refractivity contribution >= 4 is 44.9 Å². The largest absolute Gasteiger partial charge is 0.497 e. The number of aromatic nitrogens is 2. The van der Waals surface area contributed by atoms with Gasteiger partial charge in [-0.3, -0.25) is 9.59 Å². The number of anilines is 2. The minimum atomic E-state index is -0.0941. The number of amides is 2. The Morgan fingerprint density at radius 1 is 1.24 bits per heavy atom. The summed E-state index contributed by atoms with van der Waals surface area (Å²) in [6.45, 7) is 8.57. The van der Waals surface area contributed by atoms with Crippen LogP contribution in [0.2, 0.25) is 0 Å². The van der Waals surface area contributed by atoms with E-state index in [-0.39, 0.29) is 17.7 Å². The zero-order valence-electron chi connectivity index (χ0n) is 20.1. The Morgan fingerprint density at radius 3 is 2.65 bits per heavy atom. The first-order chi connectivity index (χ1) is 16.5. The number of rotatable bonds is 7. The van der Waals surface area contributed by atoms with Gasteiger partial charge in [0.1, 0.15) is 10.6 Å². The van der Waals surface area contributed by atoms with Crippen LogP contribution < -0.4 is 15.0 Å². The van der Waals surface area contributed by atoms with Gasteiger partial charge in [0, 0.05) is 50.0 Å². The molecule has 1 N–H and O–H groups in total. The number of aryl methyl sites for hydroxylation is 1. The topological polar surface area (TPSA) is 87.7 Å². The molecule has 0 bridgehead atoms. The van der Waals surface area contributed by atoms with E-state index >= 15 is 0 Å². The summed E-state index contributed by atoms with van der Waals surface area (Å²) in [6, 6.07) is 7.39. The van der Waals surface area contributed by atoms with Gasteiger partial charge in [-0.2, -0.15) is 4.37 Å². The van der Waals surface area contributed by atoms with Gasteiger partial charge >= 0.3 is 0 Å². The van der Waals surface area contributed by atoms with Crippen molar-refractivity contribution in [1.29, 1.82) is 0 Å². The molecule has 0 unspecified atom stereocenters. The van der Waals surface area contributed by atoms with E-state index in [0.717, 1.165) is 27.3 Å². The van der Waals surface area contributed by atoms with Crippen molar-refractivity contribution < 1.29 is 14.3 Å². The predicted octanol–water partition coefficient (Wildman–Crippen LogP) is 4.35. The summed E-state index contributed by atoms with van der Waals surface area (Å²) in [7, 11) is 1.61. The molecule has 0 saturated carbocycles. The molecule has 1 aliphatic rings. The lowest BCUT2D eigenvalue weighted by Crippen LogP contribution is -2.40. The van der Waals surface area contributed by atoms with Gasteiger partial charge in [0.2, 0.25) is 5.91 Å². The van der Waals surface area contributed by atoms with Gasteiger partial charge in [-0.1, -0.05) is 6.07 Å². The molecule has 3 aromatic rings. The van der Waals surface area contributed by atoms with E-state index in [9.17, 15) is 9.59 Å². The number of piperidine rings is 1. The zero-order valence-corrected chi connectivity index (χ0v) is 20.9. The van der Waals surface area contributed by atoms with Crippen LogP contribution in [0, 0.1) is 12.8 Å². The standard InChI is InChI=1S/C25H31N5O3S/c1-5-29(6-2)25(32)20-15-26-24-21(16(3)28-34-24)22(20)30-12-10-17(11-13-30)23(31)27-18-8-7-9-19(14-18)33-4/h7-9,14-15,17H,5-6,10-13H2,1-4H3,(H,27,31). The minimum absolute atomic E-state index is 0.0144. The Balaban J connectivity index is 1.55. The number of methoxy groups -OCH3 is 1. The van der Waals surface area contributed by atoms with Crippen LogP contribution in [0.25, 0.3) is 10.2 Å². The quantitative estimate of drug-likeness (QED) is 0.540. The fourth-order valence-electron chi connectivity index (χ4n) is 4.51. The van der Waals surface area contributed by atoms with Gasteiger partial charge in [0.25, 0.3) is 5.91 Å². The maximum absolute atomic E-state index is 13.3. The molecule has 2 aromatic heterocycles. The maximum atomic E-state index is 13.3. The molecule has 1 aliphatic heterocycles. The highest BCUT2D eigenvalue weighted by Gasteiger charge is 2.30. The predicted molar refractivity (Wildman–Crippen MR) is 136 cm³/mol.